The standard InChI is InChI=1S/C13H21N3OS2/c1-2-10-12(19-6-5-18-10)13-15-11(17-16-13)7-9-3-4-14-8-9/h9-10,12,14H,2-8H2,1H3. The second-order valence-corrected chi connectivity index (χ2v) is 7.81. The summed E-state index contributed by atoms with van der Waals surface area (Å²) in [6.07, 6.45) is 3.34. The van der Waals surface area contributed by atoms with Crippen molar-refractivity contribution in [3.05, 3.63) is 11.7 Å². The zero-order valence-corrected chi connectivity index (χ0v) is 12.9. The number of rotatable bonds is 4. The molecule has 1 N–H and O–H groups in total. The molecule has 2 aliphatic rings. The average Bonchev–Trinajstić information content (AvgIpc) is 3.11. The van der Waals surface area contributed by atoms with Crippen LogP contribution in [-0.2, 0) is 6.42 Å². The molecule has 1 aromatic rings. The third-order valence-electron chi connectivity index (χ3n) is 3.82. The number of nitrogens with zero attached hydrogens (tertiary/aromatic N) is 2. The summed E-state index contributed by atoms with van der Waals surface area (Å²) in [7, 11) is 0. The van der Waals surface area contributed by atoms with Gasteiger partial charge in [0.1, 0.15) is 0 Å². The van der Waals surface area contributed by atoms with E-state index in [0.717, 1.165) is 31.2 Å². The Bertz CT molecular complexity index is 406. The number of thioether (sulfide) groups is 2. The summed E-state index contributed by atoms with van der Waals surface area (Å²) in [5.41, 5.74) is 0. The zero-order valence-electron chi connectivity index (χ0n) is 11.3. The Morgan fingerprint density at radius 3 is 3.05 bits per heavy atom. The van der Waals surface area contributed by atoms with Crippen molar-refractivity contribution < 1.29 is 4.52 Å². The van der Waals surface area contributed by atoms with E-state index in [9.17, 15) is 0 Å². The molecule has 3 unspecified atom stereocenters. The summed E-state index contributed by atoms with van der Waals surface area (Å²) < 4.78 is 5.46. The Morgan fingerprint density at radius 1 is 1.37 bits per heavy atom. The van der Waals surface area contributed by atoms with Crippen LogP contribution in [0.3, 0.4) is 0 Å². The van der Waals surface area contributed by atoms with E-state index < -0.39 is 0 Å². The summed E-state index contributed by atoms with van der Waals surface area (Å²) in [5, 5.41) is 8.68. The molecule has 3 rings (SSSR count). The van der Waals surface area contributed by atoms with Gasteiger partial charge in [0.05, 0.1) is 5.25 Å². The maximum atomic E-state index is 5.46. The highest BCUT2D eigenvalue weighted by molar-refractivity contribution is 8.06. The van der Waals surface area contributed by atoms with Crippen LogP contribution in [0.2, 0.25) is 0 Å². The average molecular weight is 299 g/mol. The first-order valence-electron chi connectivity index (χ1n) is 7.13. The van der Waals surface area contributed by atoms with Gasteiger partial charge in [-0.25, -0.2) is 0 Å². The fourth-order valence-corrected chi connectivity index (χ4v) is 5.73. The predicted molar refractivity (Wildman–Crippen MR) is 80.7 cm³/mol. The zero-order chi connectivity index (χ0) is 13.1. The van der Waals surface area contributed by atoms with Gasteiger partial charge in [0, 0.05) is 23.2 Å². The third kappa shape index (κ3) is 3.28. The van der Waals surface area contributed by atoms with Gasteiger partial charge in [0.15, 0.2) is 5.82 Å². The lowest BCUT2D eigenvalue weighted by Crippen LogP contribution is -2.19. The van der Waals surface area contributed by atoms with Crippen LogP contribution in [0.1, 0.15) is 36.7 Å². The van der Waals surface area contributed by atoms with Gasteiger partial charge < -0.3 is 9.84 Å². The molecule has 106 valence electrons. The molecular formula is C13H21N3OS2. The van der Waals surface area contributed by atoms with Crippen molar-refractivity contribution in [3.8, 4) is 0 Å². The Morgan fingerprint density at radius 2 is 2.26 bits per heavy atom. The van der Waals surface area contributed by atoms with Crippen molar-refractivity contribution in [2.24, 2.45) is 5.92 Å². The van der Waals surface area contributed by atoms with Gasteiger partial charge in [-0.15, -0.1) is 11.8 Å². The summed E-state index contributed by atoms with van der Waals surface area (Å²) in [4.78, 5) is 4.66. The van der Waals surface area contributed by atoms with Crippen molar-refractivity contribution in [2.45, 2.75) is 36.7 Å². The molecule has 0 spiro atoms. The van der Waals surface area contributed by atoms with Crippen LogP contribution in [0, 0.1) is 5.92 Å². The molecule has 0 aromatic carbocycles. The van der Waals surface area contributed by atoms with Crippen molar-refractivity contribution in [1.82, 2.24) is 15.5 Å². The van der Waals surface area contributed by atoms with E-state index in [2.05, 4.69) is 34.1 Å². The maximum absolute atomic E-state index is 5.46. The first kappa shape index (κ1) is 13.8. The van der Waals surface area contributed by atoms with Crippen LogP contribution < -0.4 is 5.32 Å². The topological polar surface area (TPSA) is 51.0 Å². The monoisotopic (exact) mass is 299 g/mol. The number of aromatic nitrogens is 2. The molecule has 3 heterocycles. The van der Waals surface area contributed by atoms with Crippen LogP contribution in [-0.4, -0.2) is 40.0 Å². The lowest BCUT2D eigenvalue weighted by atomic mass is 10.1. The molecule has 1 aromatic heterocycles. The molecule has 2 fully saturated rings. The van der Waals surface area contributed by atoms with E-state index in [0.29, 0.717) is 16.4 Å². The van der Waals surface area contributed by atoms with Crippen LogP contribution >= 0.6 is 23.5 Å². The molecule has 0 saturated carbocycles. The maximum Gasteiger partial charge on any atom is 0.227 e. The minimum Gasteiger partial charge on any atom is -0.339 e. The summed E-state index contributed by atoms with van der Waals surface area (Å²) in [5.74, 6) is 4.86. The minimum absolute atomic E-state index is 0.419. The van der Waals surface area contributed by atoms with Crippen molar-refractivity contribution in [2.75, 3.05) is 24.6 Å². The molecule has 2 aliphatic heterocycles. The highest BCUT2D eigenvalue weighted by Gasteiger charge is 2.30. The highest BCUT2D eigenvalue weighted by atomic mass is 32.2. The SMILES string of the molecule is CCC1SCCSC1c1noc(CC2CCNC2)n1. The van der Waals surface area contributed by atoms with Gasteiger partial charge in [-0.2, -0.15) is 16.7 Å². The Labute approximate surface area is 122 Å². The fourth-order valence-electron chi connectivity index (χ4n) is 2.74. The van der Waals surface area contributed by atoms with E-state index >= 15 is 0 Å². The van der Waals surface area contributed by atoms with Crippen molar-refractivity contribution in [3.63, 3.8) is 0 Å². The van der Waals surface area contributed by atoms with Crippen LogP contribution in [0.15, 0.2) is 4.52 Å². The molecule has 0 aliphatic carbocycles. The Balaban J connectivity index is 1.65. The Hall–Kier alpha value is -0.200. The molecule has 6 heteroatoms. The van der Waals surface area contributed by atoms with Crippen molar-refractivity contribution >= 4 is 23.5 Å². The molecule has 0 bridgehead atoms. The highest BCUT2D eigenvalue weighted by Crippen LogP contribution is 2.42. The third-order valence-corrected chi connectivity index (χ3v) is 7.06. The van der Waals surface area contributed by atoms with E-state index in [1.165, 1.54) is 24.3 Å². The minimum atomic E-state index is 0.419. The van der Waals surface area contributed by atoms with Gasteiger partial charge in [-0.3, -0.25) is 0 Å². The summed E-state index contributed by atoms with van der Waals surface area (Å²) in [6.45, 7) is 4.46. The fraction of sp³-hybridized carbons (Fsp3) is 0.846. The lowest BCUT2D eigenvalue weighted by Gasteiger charge is -2.27. The predicted octanol–water partition coefficient (Wildman–Crippen LogP) is 2.52. The Kier molecular flexibility index (Phi) is 4.71. The molecule has 2 saturated heterocycles. The molecule has 3 atom stereocenters. The first-order chi connectivity index (χ1) is 9.36. The molecule has 0 radical (unpaired) electrons. The second kappa shape index (κ2) is 6.50. The summed E-state index contributed by atoms with van der Waals surface area (Å²) >= 11 is 4.04. The molecule has 0 amide bonds. The van der Waals surface area contributed by atoms with Crippen molar-refractivity contribution in [1.29, 1.82) is 0 Å². The normalized spacial score (nSPS) is 31.7. The largest absolute Gasteiger partial charge is 0.339 e. The van der Waals surface area contributed by atoms with E-state index in [1.807, 2.05) is 11.8 Å². The number of hydrogen-bond donors (Lipinski definition) is 1. The van der Waals surface area contributed by atoms with Gasteiger partial charge in [-0.05, 0) is 31.8 Å². The van der Waals surface area contributed by atoms with E-state index in [-0.39, 0.29) is 0 Å². The molecule has 19 heavy (non-hydrogen) atoms. The quantitative estimate of drug-likeness (QED) is 0.922. The van der Waals surface area contributed by atoms with Crippen LogP contribution in [0.4, 0.5) is 0 Å². The van der Waals surface area contributed by atoms with E-state index in [4.69, 9.17) is 4.52 Å². The molecule has 4 nitrogen and oxygen atoms in total. The lowest BCUT2D eigenvalue weighted by molar-refractivity contribution is 0.353. The van der Waals surface area contributed by atoms with Gasteiger partial charge in [0.2, 0.25) is 5.89 Å². The van der Waals surface area contributed by atoms with Gasteiger partial charge >= 0.3 is 0 Å². The van der Waals surface area contributed by atoms with Crippen LogP contribution in [0.25, 0.3) is 0 Å². The smallest absolute Gasteiger partial charge is 0.227 e. The van der Waals surface area contributed by atoms with E-state index in [1.54, 1.807) is 0 Å². The number of nitrogens with one attached hydrogen (secondary N) is 1. The van der Waals surface area contributed by atoms with Gasteiger partial charge in [0.25, 0.3) is 0 Å². The number of hydrogen-bond acceptors (Lipinski definition) is 6. The van der Waals surface area contributed by atoms with Crippen LogP contribution in [0.5, 0.6) is 0 Å². The summed E-state index contributed by atoms with van der Waals surface area (Å²) in [6, 6.07) is 0. The molecular weight excluding hydrogens is 278 g/mol. The first-order valence-corrected chi connectivity index (χ1v) is 9.23. The second-order valence-electron chi connectivity index (χ2n) is 5.22. The van der Waals surface area contributed by atoms with Gasteiger partial charge in [-0.1, -0.05) is 12.1 Å².